The molecule has 0 spiro atoms. The molecule has 0 aromatic heterocycles. The van der Waals surface area contributed by atoms with Gasteiger partial charge in [0.25, 0.3) is 0 Å². The van der Waals surface area contributed by atoms with Crippen LogP contribution in [0.5, 0.6) is 0 Å². The molecule has 2 rings (SSSR count). The average molecular weight is 1120 g/mol. The Balaban J connectivity index is 1.86. The SMILES string of the molecule is CCCCCCCCCCCCCCCCCCN(CCCCCCCCCCCCCCCCCC)C(=O)C(CCCCNC(=O)CCCCC1SC[C@@H]2NC(=O)N[C@H]12)NC(=O)CNCCCNCCCCNCCCN. The Bertz CT molecular complexity index is 1360. The van der Waals surface area contributed by atoms with E-state index in [4.69, 9.17) is 5.73 Å². The third-order valence-electron chi connectivity index (χ3n) is 16.3. The number of hydrogen-bond donors (Lipinski definition) is 8. The molecule has 9 N–H and O–H groups in total. The maximum Gasteiger partial charge on any atom is 0.315 e. The summed E-state index contributed by atoms with van der Waals surface area (Å²) in [5, 5.41) is 23.1. The van der Waals surface area contributed by atoms with E-state index in [0.29, 0.717) is 24.6 Å². The monoisotopic (exact) mass is 1120 g/mol. The molecule has 5 amide bonds. The molecule has 2 fully saturated rings. The van der Waals surface area contributed by atoms with Crippen molar-refractivity contribution in [3.05, 3.63) is 0 Å². The fraction of sp³-hybridized carbons (Fsp3) is 0.938. The molecule has 0 bridgehead atoms. The van der Waals surface area contributed by atoms with E-state index in [1.165, 1.54) is 180 Å². The normalized spacial score (nSPS) is 16.3. The molecule has 4 atom stereocenters. The molecule has 0 saturated carbocycles. The summed E-state index contributed by atoms with van der Waals surface area (Å²) in [6, 6.07) is -0.205. The Morgan fingerprint density at radius 2 is 0.962 bits per heavy atom. The summed E-state index contributed by atoms with van der Waals surface area (Å²) in [4.78, 5) is 54.8. The van der Waals surface area contributed by atoms with E-state index in [1.807, 2.05) is 11.8 Å². The zero-order chi connectivity index (χ0) is 56.0. The van der Waals surface area contributed by atoms with Crippen LogP contribution < -0.4 is 43.0 Å². The Labute approximate surface area is 484 Å². The molecular weight excluding hydrogens is 991 g/mol. The summed E-state index contributed by atoms with van der Waals surface area (Å²) in [6.45, 7) is 12.2. The van der Waals surface area contributed by atoms with Crippen molar-refractivity contribution in [2.24, 2.45) is 5.73 Å². The van der Waals surface area contributed by atoms with E-state index in [9.17, 15) is 19.2 Å². The molecule has 2 aliphatic heterocycles. The lowest BCUT2D eigenvalue weighted by Crippen LogP contribution is -2.51. The zero-order valence-electron chi connectivity index (χ0n) is 51.1. The molecule has 13 nitrogen and oxygen atoms in total. The van der Waals surface area contributed by atoms with Gasteiger partial charge in [0.15, 0.2) is 0 Å². The largest absolute Gasteiger partial charge is 0.356 e. The molecular formula is C64H127N9O4S. The molecule has 2 aliphatic rings. The van der Waals surface area contributed by atoms with Crippen LogP contribution >= 0.6 is 11.8 Å². The Morgan fingerprint density at radius 1 is 0.513 bits per heavy atom. The standard InChI is InChI=1S/C64H127N9O4S/c1-3-5-7-9-11-13-15-17-19-21-23-25-27-29-31-39-53-73(54-40-32-30-28-26-24-22-20-18-16-14-12-10-8-6-4-2)63(76)57(70-61(75)55-68-51-42-50-67-48-38-37-47-66-49-41-46-65)43-35-36-52-69-60(74)45-34-33-44-59-62-58(56-78-59)71-64(77)72-62/h57-59,62,66-68H,3-56,65H2,1-2H3,(H,69,74)(H,70,75)(H2,71,72,77)/t57?,58-,59?,62-/m0/s1. The Kier molecular flexibility index (Phi) is 50.0. The first-order valence-electron chi connectivity index (χ1n) is 33.7. The van der Waals surface area contributed by atoms with E-state index in [2.05, 4.69) is 56.0 Å². The first kappa shape index (κ1) is 72.0. The van der Waals surface area contributed by atoms with E-state index in [0.717, 1.165) is 142 Å². The minimum absolute atomic E-state index is 0.0577. The quantitative estimate of drug-likeness (QED) is 0.0217. The van der Waals surface area contributed by atoms with Crippen molar-refractivity contribution >= 4 is 35.5 Å². The fourth-order valence-electron chi connectivity index (χ4n) is 11.3. The van der Waals surface area contributed by atoms with Gasteiger partial charge in [0.05, 0.1) is 18.6 Å². The lowest BCUT2D eigenvalue weighted by atomic mass is 10.0. The molecule has 2 unspecified atom stereocenters. The summed E-state index contributed by atoms with van der Waals surface area (Å²) in [5.41, 5.74) is 5.58. The van der Waals surface area contributed by atoms with Crippen LogP contribution in [0.25, 0.3) is 0 Å². The number of amides is 5. The van der Waals surface area contributed by atoms with E-state index < -0.39 is 6.04 Å². The lowest BCUT2D eigenvalue weighted by molar-refractivity contribution is -0.136. The van der Waals surface area contributed by atoms with Gasteiger partial charge >= 0.3 is 6.03 Å². The van der Waals surface area contributed by atoms with Gasteiger partial charge < -0.3 is 47.9 Å². The van der Waals surface area contributed by atoms with Crippen molar-refractivity contribution in [1.82, 2.24) is 42.1 Å². The highest BCUT2D eigenvalue weighted by atomic mass is 32.2. The second-order valence-corrected chi connectivity index (χ2v) is 24.9. The van der Waals surface area contributed by atoms with Gasteiger partial charge in [-0.15, -0.1) is 0 Å². The number of hydrogen-bond acceptors (Lipinski definition) is 9. The summed E-state index contributed by atoms with van der Waals surface area (Å²) in [6.07, 6.45) is 51.9. The molecule has 0 radical (unpaired) electrons. The highest BCUT2D eigenvalue weighted by Gasteiger charge is 2.42. The number of urea groups is 1. The van der Waals surface area contributed by atoms with Gasteiger partial charge in [-0.2, -0.15) is 11.8 Å². The second kappa shape index (κ2) is 54.1. The van der Waals surface area contributed by atoms with Gasteiger partial charge in [0, 0.05) is 37.1 Å². The van der Waals surface area contributed by atoms with Crippen LogP contribution in [0.4, 0.5) is 4.79 Å². The van der Waals surface area contributed by atoms with Crippen LogP contribution in [0.3, 0.4) is 0 Å². The van der Waals surface area contributed by atoms with E-state index in [-0.39, 0.29) is 42.4 Å². The molecule has 14 heteroatoms. The number of nitrogens with one attached hydrogen (secondary N) is 7. The third-order valence-corrected chi connectivity index (χ3v) is 17.8. The van der Waals surface area contributed by atoms with Crippen molar-refractivity contribution in [3.8, 4) is 0 Å². The van der Waals surface area contributed by atoms with Crippen LogP contribution in [0.15, 0.2) is 0 Å². The number of carbonyl (C=O) groups is 4. The zero-order valence-corrected chi connectivity index (χ0v) is 51.9. The number of unbranched alkanes of at least 4 members (excludes halogenated alkanes) is 33. The molecule has 2 heterocycles. The number of thioether (sulfide) groups is 1. The molecule has 2 saturated heterocycles. The van der Waals surface area contributed by atoms with Gasteiger partial charge in [0.1, 0.15) is 6.04 Å². The lowest BCUT2D eigenvalue weighted by Gasteiger charge is -2.28. The molecule has 0 aromatic carbocycles. The van der Waals surface area contributed by atoms with Gasteiger partial charge in [-0.3, -0.25) is 14.4 Å². The van der Waals surface area contributed by atoms with Crippen molar-refractivity contribution < 1.29 is 19.2 Å². The van der Waals surface area contributed by atoms with Gasteiger partial charge in [-0.25, -0.2) is 4.79 Å². The van der Waals surface area contributed by atoms with Crippen molar-refractivity contribution in [3.63, 3.8) is 0 Å². The minimum atomic E-state index is -0.573. The van der Waals surface area contributed by atoms with Crippen LogP contribution in [-0.2, 0) is 14.4 Å². The summed E-state index contributed by atoms with van der Waals surface area (Å²) < 4.78 is 0. The maximum absolute atomic E-state index is 14.6. The Hall–Kier alpha value is -2.13. The fourth-order valence-corrected chi connectivity index (χ4v) is 12.9. The Morgan fingerprint density at radius 3 is 1.46 bits per heavy atom. The second-order valence-electron chi connectivity index (χ2n) is 23.6. The molecule has 0 aliphatic carbocycles. The summed E-state index contributed by atoms with van der Waals surface area (Å²) in [5.74, 6) is 0.958. The number of rotatable bonds is 60. The van der Waals surface area contributed by atoms with Crippen molar-refractivity contribution in [2.45, 2.75) is 313 Å². The minimum Gasteiger partial charge on any atom is -0.356 e. The number of nitrogens with two attached hydrogens (primary N) is 1. The van der Waals surface area contributed by atoms with Crippen molar-refractivity contribution in [1.29, 1.82) is 0 Å². The van der Waals surface area contributed by atoms with Crippen LogP contribution in [-0.4, -0.2) is 123 Å². The average Bonchev–Trinajstić information content (AvgIpc) is 4.02. The van der Waals surface area contributed by atoms with Crippen LogP contribution in [0, 0.1) is 0 Å². The molecule has 458 valence electrons. The van der Waals surface area contributed by atoms with Crippen LogP contribution in [0.1, 0.15) is 290 Å². The first-order chi connectivity index (χ1) is 38.4. The van der Waals surface area contributed by atoms with Crippen molar-refractivity contribution in [2.75, 3.05) is 71.2 Å². The smallest absolute Gasteiger partial charge is 0.315 e. The van der Waals surface area contributed by atoms with Crippen LogP contribution in [0.2, 0.25) is 0 Å². The molecule has 78 heavy (non-hydrogen) atoms. The third kappa shape index (κ3) is 41.8. The van der Waals surface area contributed by atoms with Gasteiger partial charge in [-0.05, 0) is 110 Å². The highest BCUT2D eigenvalue weighted by Crippen LogP contribution is 2.33. The number of carbonyl (C=O) groups excluding carboxylic acids is 4. The highest BCUT2D eigenvalue weighted by molar-refractivity contribution is 8.00. The topological polar surface area (TPSA) is 182 Å². The van der Waals surface area contributed by atoms with E-state index in [1.54, 1.807) is 0 Å². The maximum atomic E-state index is 14.6. The predicted octanol–water partition coefficient (Wildman–Crippen LogP) is 13.1. The summed E-state index contributed by atoms with van der Waals surface area (Å²) >= 11 is 1.92. The predicted molar refractivity (Wildman–Crippen MR) is 335 cm³/mol. The number of nitrogens with zero attached hydrogens (tertiary/aromatic N) is 1. The first-order valence-corrected chi connectivity index (χ1v) is 34.8. The molecule has 0 aromatic rings. The summed E-state index contributed by atoms with van der Waals surface area (Å²) in [7, 11) is 0. The van der Waals surface area contributed by atoms with Gasteiger partial charge in [-0.1, -0.05) is 213 Å². The van der Waals surface area contributed by atoms with Gasteiger partial charge in [0.2, 0.25) is 17.7 Å². The van der Waals surface area contributed by atoms with E-state index >= 15 is 0 Å². The number of fused-ring (bicyclic) bond motifs is 1.